The molecule has 1 unspecified atom stereocenters. The van der Waals surface area contributed by atoms with Crippen molar-refractivity contribution in [2.24, 2.45) is 0 Å². The second-order valence-electron chi connectivity index (χ2n) is 4.87. The molecule has 1 atom stereocenters. The first-order chi connectivity index (χ1) is 7.14. The lowest BCUT2D eigenvalue weighted by Gasteiger charge is -2.36. The minimum atomic E-state index is -2.19. The van der Waals surface area contributed by atoms with Crippen molar-refractivity contribution in [2.75, 3.05) is 19.1 Å². The van der Waals surface area contributed by atoms with Gasteiger partial charge in [-0.1, -0.05) is 13.5 Å². The van der Waals surface area contributed by atoms with Gasteiger partial charge in [0.25, 0.3) is 0 Å². The summed E-state index contributed by atoms with van der Waals surface area (Å²) in [7, 11) is -2.19. The van der Waals surface area contributed by atoms with Gasteiger partial charge in [0, 0.05) is 10.3 Å². The molecule has 3 nitrogen and oxygen atoms in total. The normalized spacial score (nSPS) is 16.3. The summed E-state index contributed by atoms with van der Waals surface area (Å²) < 4.78 is 16.9. The van der Waals surface area contributed by atoms with Crippen molar-refractivity contribution in [3.63, 3.8) is 0 Å². The molecule has 0 aromatic rings. The Kier molecular flexibility index (Phi) is 5.39. The Morgan fingerprint density at radius 3 is 2.25 bits per heavy atom. The van der Waals surface area contributed by atoms with E-state index >= 15 is 0 Å². The number of carbonyl (C=O) groups is 1. The van der Waals surface area contributed by atoms with Crippen molar-refractivity contribution in [1.29, 1.82) is 0 Å². The molecule has 0 aliphatic carbocycles. The largest absolute Gasteiger partial charge is 0.462 e. The van der Waals surface area contributed by atoms with Gasteiger partial charge in [0.15, 0.2) is 0 Å². The number of hydrogen-bond acceptors (Lipinski definition) is 3. The lowest BCUT2D eigenvalue weighted by atomic mass is 10.0. The predicted molar refractivity (Wildman–Crippen MR) is 70.5 cm³/mol. The second-order valence-corrected chi connectivity index (χ2v) is 8.65. The Hall–Kier alpha value is -0.640. The van der Waals surface area contributed by atoms with Crippen molar-refractivity contribution in [1.82, 2.24) is 0 Å². The lowest BCUT2D eigenvalue weighted by molar-refractivity contribution is -0.139. The Bertz CT molecular complexity index is 316. The summed E-state index contributed by atoms with van der Waals surface area (Å²) in [5.74, 6) is -0.375. The van der Waals surface area contributed by atoms with Gasteiger partial charge in [0.05, 0.1) is 6.61 Å². The van der Waals surface area contributed by atoms with Gasteiger partial charge in [0.2, 0.25) is 0 Å². The van der Waals surface area contributed by atoms with Gasteiger partial charge >= 0.3 is 5.97 Å². The van der Waals surface area contributed by atoms with E-state index in [1.54, 1.807) is 19.4 Å². The quantitative estimate of drug-likeness (QED) is 0.444. The maximum atomic E-state index is 12.1. The molecule has 0 N–H and O–H groups in total. The first kappa shape index (κ1) is 15.4. The molecule has 0 heterocycles. The van der Waals surface area contributed by atoms with Gasteiger partial charge in [-0.3, -0.25) is 4.21 Å². The third-order valence-electron chi connectivity index (χ3n) is 3.28. The third-order valence-corrected chi connectivity index (χ3v) is 6.42. The van der Waals surface area contributed by atoms with Gasteiger partial charge in [-0.2, -0.15) is 0 Å². The van der Waals surface area contributed by atoms with Crippen LogP contribution in [0.2, 0.25) is 0 Å². The van der Waals surface area contributed by atoms with Gasteiger partial charge in [-0.15, -0.1) is 9.93 Å². The van der Waals surface area contributed by atoms with E-state index in [-0.39, 0.29) is 10.7 Å². The molecule has 0 saturated carbocycles. The molecular weight excluding hydrogens is 224 g/mol. The Morgan fingerprint density at radius 2 is 1.94 bits per heavy atom. The van der Waals surface area contributed by atoms with E-state index in [1.165, 1.54) is 0 Å². The smallest absolute Gasteiger partial charge is 0.333 e. The summed E-state index contributed by atoms with van der Waals surface area (Å²) in [6, 6.07) is 0. The number of carbonyl (C=O) groups excluding carboxylic acids is 1. The number of thiol groups is 1. The standard InChI is InChI=1S/C12H24O3S/c1-7-12(4,16(5,6)14)8-9-15-11(13)10(2)3/h16H,2,7-9H2,1,3-6H3. The molecule has 0 aliphatic rings. The summed E-state index contributed by atoms with van der Waals surface area (Å²) in [4.78, 5) is 11.2. The molecule has 0 amide bonds. The van der Waals surface area contributed by atoms with E-state index < -0.39 is 9.93 Å². The monoisotopic (exact) mass is 248 g/mol. The third kappa shape index (κ3) is 4.08. The van der Waals surface area contributed by atoms with Crippen LogP contribution in [0.1, 0.15) is 33.6 Å². The van der Waals surface area contributed by atoms with Gasteiger partial charge in [-0.25, -0.2) is 4.79 Å². The molecule has 4 heteroatoms. The Morgan fingerprint density at radius 1 is 1.44 bits per heavy atom. The second kappa shape index (κ2) is 5.62. The van der Waals surface area contributed by atoms with Crippen LogP contribution in [0, 0.1) is 0 Å². The summed E-state index contributed by atoms with van der Waals surface area (Å²) in [5, 5.41) is 0. The zero-order valence-electron chi connectivity index (χ0n) is 11.0. The van der Waals surface area contributed by atoms with Crippen molar-refractivity contribution in [3.05, 3.63) is 12.2 Å². The van der Waals surface area contributed by atoms with Crippen LogP contribution >= 0.6 is 0 Å². The Labute approximate surface area is 99.7 Å². The highest BCUT2D eigenvalue weighted by Gasteiger charge is 2.31. The van der Waals surface area contributed by atoms with Crippen molar-refractivity contribution >= 4 is 15.9 Å². The molecule has 0 aromatic heterocycles. The van der Waals surface area contributed by atoms with Gasteiger partial charge in [0.1, 0.15) is 0 Å². The van der Waals surface area contributed by atoms with Crippen LogP contribution in [0.5, 0.6) is 0 Å². The highest BCUT2D eigenvalue weighted by Crippen LogP contribution is 2.28. The first-order valence-corrected chi connectivity index (χ1v) is 8.12. The molecule has 0 rings (SSSR count). The van der Waals surface area contributed by atoms with Crippen LogP contribution in [-0.4, -0.2) is 34.0 Å². The summed E-state index contributed by atoms with van der Waals surface area (Å²) in [5.41, 5.74) is 0.398. The lowest BCUT2D eigenvalue weighted by Crippen LogP contribution is -2.40. The van der Waals surface area contributed by atoms with E-state index in [0.29, 0.717) is 18.6 Å². The fraction of sp³-hybridized carbons (Fsp3) is 0.750. The maximum Gasteiger partial charge on any atom is 0.333 e. The number of ether oxygens (including phenoxy) is 1. The fourth-order valence-electron chi connectivity index (χ4n) is 1.31. The zero-order chi connectivity index (χ0) is 13.0. The summed E-state index contributed by atoms with van der Waals surface area (Å²) in [6.07, 6.45) is 5.03. The summed E-state index contributed by atoms with van der Waals surface area (Å²) in [6.45, 7) is 9.44. The Balaban J connectivity index is 4.33. The van der Waals surface area contributed by atoms with Gasteiger partial charge in [-0.05, 0) is 39.2 Å². The molecule has 0 aliphatic heterocycles. The van der Waals surface area contributed by atoms with Crippen LogP contribution in [0.3, 0.4) is 0 Å². The number of hydrogen-bond donors (Lipinski definition) is 1. The van der Waals surface area contributed by atoms with E-state index in [0.717, 1.165) is 6.42 Å². The number of rotatable bonds is 6. The summed E-state index contributed by atoms with van der Waals surface area (Å²) >= 11 is 0. The van der Waals surface area contributed by atoms with E-state index in [1.807, 2.05) is 13.8 Å². The molecule has 16 heavy (non-hydrogen) atoms. The molecule has 0 saturated heterocycles. The minimum Gasteiger partial charge on any atom is -0.462 e. The molecule has 0 spiro atoms. The highest BCUT2D eigenvalue weighted by molar-refractivity contribution is 8.03. The molecule has 96 valence electrons. The van der Waals surface area contributed by atoms with Gasteiger partial charge < -0.3 is 4.74 Å². The highest BCUT2D eigenvalue weighted by atomic mass is 32.2. The minimum absolute atomic E-state index is 0.248. The fourth-order valence-corrected chi connectivity index (χ4v) is 2.70. The molecule has 0 radical (unpaired) electrons. The van der Waals surface area contributed by atoms with Crippen LogP contribution in [0.15, 0.2) is 12.2 Å². The average molecular weight is 248 g/mol. The first-order valence-electron chi connectivity index (χ1n) is 5.52. The zero-order valence-corrected chi connectivity index (χ0v) is 11.9. The van der Waals surface area contributed by atoms with E-state index in [4.69, 9.17) is 4.74 Å². The topological polar surface area (TPSA) is 43.4 Å². The molecular formula is C12H24O3S. The van der Waals surface area contributed by atoms with Crippen molar-refractivity contribution in [3.8, 4) is 0 Å². The molecule has 0 bridgehead atoms. The molecule has 0 aromatic carbocycles. The SMILES string of the molecule is C=C(C)C(=O)OCCC(C)(CC)[SH](C)(C)=O. The van der Waals surface area contributed by atoms with E-state index in [2.05, 4.69) is 6.58 Å². The number of esters is 1. The van der Waals surface area contributed by atoms with Crippen LogP contribution in [0.4, 0.5) is 0 Å². The van der Waals surface area contributed by atoms with Crippen LogP contribution < -0.4 is 0 Å². The molecule has 0 fully saturated rings. The van der Waals surface area contributed by atoms with Crippen molar-refractivity contribution < 1.29 is 13.7 Å². The van der Waals surface area contributed by atoms with Crippen molar-refractivity contribution in [2.45, 2.75) is 38.4 Å². The maximum absolute atomic E-state index is 12.1. The van der Waals surface area contributed by atoms with Crippen LogP contribution in [0.25, 0.3) is 0 Å². The average Bonchev–Trinajstić information content (AvgIpc) is 2.15. The van der Waals surface area contributed by atoms with Crippen LogP contribution in [-0.2, 0) is 19.5 Å². The predicted octanol–water partition coefficient (Wildman–Crippen LogP) is 1.94. The van der Waals surface area contributed by atoms with E-state index in [9.17, 15) is 9.00 Å².